The van der Waals surface area contributed by atoms with Crippen molar-refractivity contribution >= 4 is 29.9 Å². The molecule has 0 saturated carbocycles. The van der Waals surface area contributed by atoms with Crippen LogP contribution >= 0.6 is 24.0 Å². The minimum atomic E-state index is -0.0910. The van der Waals surface area contributed by atoms with Gasteiger partial charge in [-0.15, -0.1) is 24.0 Å². The average molecular weight is 404 g/mol. The Morgan fingerprint density at radius 2 is 2.24 bits per heavy atom. The third-order valence-corrected chi connectivity index (χ3v) is 2.41. The Hall–Kier alpha value is -1.58. The van der Waals surface area contributed by atoms with E-state index in [0.29, 0.717) is 30.5 Å². The lowest BCUT2D eigenvalue weighted by Gasteiger charge is -2.20. The zero-order valence-corrected chi connectivity index (χ0v) is 14.7. The molecule has 0 aliphatic carbocycles. The molecule has 2 heterocycles. The molecule has 0 unspecified atom stereocenters. The number of hydrogen-bond donors (Lipinski definition) is 3. The molecular weight excluding hydrogens is 383 g/mol. The van der Waals surface area contributed by atoms with Gasteiger partial charge in [-0.25, -0.2) is 4.98 Å². The summed E-state index contributed by atoms with van der Waals surface area (Å²) in [6.07, 6.45) is 2.23. The minimum Gasteiger partial charge on any atom is -0.461 e. The number of nitrogens with zero attached hydrogens (tertiary/aromatic N) is 3. The predicted octanol–water partition coefficient (Wildman–Crippen LogP) is 1.93. The van der Waals surface area contributed by atoms with Crippen LogP contribution in [0.15, 0.2) is 27.8 Å². The number of hydrogen-bond acceptors (Lipinski definition) is 4. The Kier molecular flexibility index (Phi) is 6.19. The summed E-state index contributed by atoms with van der Waals surface area (Å²) in [7, 11) is 0. The molecule has 21 heavy (non-hydrogen) atoms. The van der Waals surface area contributed by atoms with Crippen molar-refractivity contribution in [3.05, 3.63) is 24.2 Å². The fraction of sp³-hybridized carbons (Fsp3) is 0.462. The van der Waals surface area contributed by atoms with Crippen LogP contribution < -0.4 is 11.1 Å². The number of halogens is 1. The van der Waals surface area contributed by atoms with Crippen LogP contribution in [0, 0.1) is 0 Å². The lowest BCUT2D eigenvalue weighted by atomic mass is 10.1. The fourth-order valence-electron chi connectivity index (χ4n) is 1.63. The number of H-pyrrole nitrogens is 1. The second-order valence-electron chi connectivity index (χ2n) is 5.47. The van der Waals surface area contributed by atoms with Gasteiger partial charge < -0.3 is 15.5 Å². The second kappa shape index (κ2) is 7.43. The van der Waals surface area contributed by atoms with E-state index in [0.717, 1.165) is 5.82 Å². The summed E-state index contributed by atoms with van der Waals surface area (Å²) < 4.78 is 5.23. The number of aliphatic imine (C=N–C) groups is 1. The Morgan fingerprint density at radius 3 is 2.86 bits per heavy atom. The molecule has 0 amide bonds. The molecule has 0 bridgehead atoms. The maximum absolute atomic E-state index is 5.78. The number of furan rings is 1. The van der Waals surface area contributed by atoms with Gasteiger partial charge in [0.25, 0.3) is 0 Å². The number of aromatic nitrogens is 3. The molecule has 0 saturated heterocycles. The monoisotopic (exact) mass is 404 g/mol. The molecule has 4 N–H and O–H groups in total. The van der Waals surface area contributed by atoms with E-state index in [1.165, 1.54) is 0 Å². The molecule has 2 aromatic heterocycles. The summed E-state index contributed by atoms with van der Waals surface area (Å²) in [6, 6.07) is 3.62. The van der Waals surface area contributed by atoms with Crippen molar-refractivity contribution in [3.8, 4) is 11.6 Å². The molecule has 7 nitrogen and oxygen atoms in total. The smallest absolute Gasteiger partial charge is 0.216 e. The van der Waals surface area contributed by atoms with Crippen LogP contribution in [0.1, 0.15) is 26.6 Å². The van der Waals surface area contributed by atoms with Gasteiger partial charge in [0.1, 0.15) is 5.82 Å². The third kappa shape index (κ3) is 5.74. The number of aromatic amines is 1. The lowest BCUT2D eigenvalue weighted by Crippen LogP contribution is -2.45. The molecule has 0 aliphatic rings. The summed E-state index contributed by atoms with van der Waals surface area (Å²) >= 11 is 0. The van der Waals surface area contributed by atoms with E-state index in [1.807, 2.05) is 26.8 Å². The molecule has 2 aromatic rings. The number of rotatable bonds is 4. The molecule has 2 rings (SSSR count). The second-order valence-corrected chi connectivity index (χ2v) is 5.47. The number of nitrogens with one attached hydrogen (secondary N) is 2. The summed E-state index contributed by atoms with van der Waals surface area (Å²) in [4.78, 5) is 8.58. The highest BCUT2D eigenvalue weighted by atomic mass is 127. The zero-order chi connectivity index (χ0) is 14.6. The van der Waals surface area contributed by atoms with Crippen molar-refractivity contribution in [2.24, 2.45) is 10.7 Å². The predicted molar refractivity (Wildman–Crippen MR) is 92.6 cm³/mol. The Labute approximate surface area is 140 Å². The van der Waals surface area contributed by atoms with Crippen LogP contribution in [-0.4, -0.2) is 33.2 Å². The van der Waals surface area contributed by atoms with Crippen LogP contribution in [0.2, 0.25) is 0 Å². The summed E-state index contributed by atoms with van der Waals surface area (Å²) in [5, 5.41) is 10.1. The highest BCUT2D eigenvalue weighted by Crippen LogP contribution is 2.14. The van der Waals surface area contributed by atoms with E-state index in [4.69, 9.17) is 10.2 Å². The van der Waals surface area contributed by atoms with Gasteiger partial charge in [0.05, 0.1) is 6.26 Å². The average Bonchev–Trinajstić information content (AvgIpc) is 2.96. The Bertz CT molecular complexity index is 570. The normalized spacial score (nSPS) is 12.0. The largest absolute Gasteiger partial charge is 0.461 e. The van der Waals surface area contributed by atoms with E-state index >= 15 is 0 Å². The van der Waals surface area contributed by atoms with Gasteiger partial charge in [-0.05, 0) is 32.9 Å². The number of guanidine groups is 1. The summed E-state index contributed by atoms with van der Waals surface area (Å²) in [6.45, 7) is 6.63. The first-order chi connectivity index (χ1) is 9.44. The zero-order valence-electron chi connectivity index (χ0n) is 12.4. The van der Waals surface area contributed by atoms with Crippen LogP contribution in [0.4, 0.5) is 0 Å². The molecule has 0 fully saturated rings. The molecule has 116 valence electrons. The molecule has 0 spiro atoms. The van der Waals surface area contributed by atoms with Crippen LogP contribution in [0.5, 0.6) is 0 Å². The van der Waals surface area contributed by atoms with E-state index in [2.05, 4.69) is 25.5 Å². The quantitative estimate of drug-likeness (QED) is 0.410. The van der Waals surface area contributed by atoms with Crippen LogP contribution in [-0.2, 0) is 6.42 Å². The first kappa shape index (κ1) is 17.5. The summed E-state index contributed by atoms with van der Waals surface area (Å²) in [5.41, 5.74) is 5.69. The maximum atomic E-state index is 5.78. The topological polar surface area (TPSA) is 105 Å². The van der Waals surface area contributed by atoms with Gasteiger partial charge in [0.15, 0.2) is 11.7 Å². The van der Waals surface area contributed by atoms with Gasteiger partial charge in [-0.1, -0.05) is 0 Å². The molecule has 0 atom stereocenters. The van der Waals surface area contributed by atoms with Gasteiger partial charge >= 0.3 is 0 Å². The molecular formula is C13H21IN6O. The maximum Gasteiger partial charge on any atom is 0.216 e. The highest BCUT2D eigenvalue weighted by Gasteiger charge is 2.10. The van der Waals surface area contributed by atoms with Crippen molar-refractivity contribution in [3.63, 3.8) is 0 Å². The van der Waals surface area contributed by atoms with Crippen molar-refractivity contribution in [1.29, 1.82) is 0 Å². The third-order valence-electron chi connectivity index (χ3n) is 2.41. The highest BCUT2D eigenvalue weighted by molar-refractivity contribution is 14.0. The first-order valence-corrected chi connectivity index (χ1v) is 6.47. The van der Waals surface area contributed by atoms with E-state index in [1.54, 1.807) is 12.3 Å². The Morgan fingerprint density at radius 1 is 1.48 bits per heavy atom. The van der Waals surface area contributed by atoms with E-state index in [-0.39, 0.29) is 29.5 Å². The van der Waals surface area contributed by atoms with Crippen LogP contribution in [0.3, 0.4) is 0 Å². The lowest BCUT2D eigenvalue weighted by molar-refractivity contribution is 0.508. The van der Waals surface area contributed by atoms with Gasteiger partial charge in [-0.2, -0.15) is 5.10 Å². The standard InChI is InChI=1S/C13H20N6O.HI/c1-13(2,3)17-12(14)15-7-6-10-16-11(19-18-10)9-5-4-8-20-9;/h4-5,8H,6-7H2,1-3H3,(H3,14,15,17)(H,16,18,19);1H. The molecule has 0 radical (unpaired) electrons. The fourth-order valence-corrected chi connectivity index (χ4v) is 1.63. The van der Waals surface area contributed by atoms with Crippen molar-refractivity contribution in [2.45, 2.75) is 32.7 Å². The molecule has 8 heteroatoms. The van der Waals surface area contributed by atoms with Crippen molar-refractivity contribution in [2.75, 3.05) is 6.54 Å². The molecule has 0 aliphatic heterocycles. The SMILES string of the molecule is CC(C)(C)NC(N)=NCCc1nc(-c2ccco2)n[nH]1.I. The first-order valence-electron chi connectivity index (χ1n) is 6.47. The summed E-state index contributed by atoms with van der Waals surface area (Å²) in [5.74, 6) is 2.38. The number of nitrogens with two attached hydrogens (primary N) is 1. The van der Waals surface area contributed by atoms with E-state index < -0.39 is 0 Å². The van der Waals surface area contributed by atoms with Gasteiger partial charge in [0, 0.05) is 18.5 Å². The Balaban J connectivity index is 0.00000220. The van der Waals surface area contributed by atoms with Crippen molar-refractivity contribution in [1.82, 2.24) is 20.5 Å². The molecule has 0 aromatic carbocycles. The van der Waals surface area contributed by atoms with Gasteiger partial charge in [-0.3, -0.25) is 10.1 Å². The van der Waals surface area contributed by atoms with Crippen molar-refractivity contribution < 1.29 is 4.42 Å². The minimum absolute atomic E-state index is 0. The van der Waals surface area contributed by atoms with Crippen LogP contribution in [0.25, 0.3) is 11.6 Å². The van der Waals surface area contributed by atoms with Gasteiger partial charge in [0.2, 0.25) is 5.82 Å². The van der Waals surface area contributed by atoms with E-state index in [9.17, 15) is 0 Å².